The van der Waals surface area contributed by atoms with Crippen molar-refractivity contribution in [3.8, 4) is 11.7 Å². The van der Waals surface area contributed by atoms with Crippen molar-refractivity contribution in [1.82, 2.24) is 0 Å². The van der Waals surface area contributed by atoms with E-state index in [9.17, 15) is 19.5 Å². The molecule has 0 bridgehead atoms. The third kappa shape index (κ3) is 2.86. The maximum absolute atomic E-state index is 12.9. The van der Waals surface area contributed by atoms with E-state index in [4.69, 9.17) is 13.9 Å². The van der Waals surface area contributed by atoms with Crippen LogP contribution in [0, 0.1) is 0 Å². The highest BCUT2D eigenvalue weighted by Crippen LogP contribution is 2.30. The van der Waals surface area contributed by atoms with Crippen molar-refractivity contribution in [2.75, 3.05) is 0 Å². The number of rotatable bonds is 3. The molecule has 140 valence electrons. The van der Waals surface area contributed by atoms with Gasteiger partial charge in [-0.2, -0.15) is 0 Å². The summed E-state index contributed by atoms with van der Waals surface area (Å²) in [7, 11) is 0. The van der Waals surface area contributed by atoms with E-state index < -0.39 is 29.6 Å². The van der Waals surface area contributed by atoms with Crippen molar-refractivity contribution in [2.45, 2.75) is 6.42 Å². The Hall–Kier alpha value is -4.07. The van der Waals surface area contributed by atoms with Crippen LogP contribution in [0.4, 0.5) is 4.79 Å². The van der Waals surface area contributed by atoms with E-state index in [2.05, 4.69) is 4.74 Å². The van der Waals surface area contributed by atoms with Gasteiger partial charge in [-0.15, -0.1) is 0 Å². The van der Waals surface area contributed by atoms with E-state index in [0.717, 1.165) is 0 Å². The highest BCUT2D eigenvalue weighted by molar-refractivity contribution is 5.84. The number of benzene rings is 2. The minimum absolute atomic E-state index is 0.127. The summed E-state index contributed by atoms with van der Waals surface area (Å²) in [5.74, 6) is -0.927. The Morgan fingerprint density at radius 2 is 1.50 bits per heavy atom. The molecule has 2 heterocycles. The standard InChI is InChI=1S/C20H12O8/c21-16-10-5-1-3-7-14(10)26-18(23)12(16)9-13-17(22)11-6-2-4-8-15(11)27-19(13)28-20(24)25/h1-8,21H,9H2,(H,24,25). The molecule has 4 aromatic rings. The second-order valence-electron chi connectivity index (χ2n) is 5.95. The van der Waals surface area contributed by atoms with Gasteiger partial charge in [-0.25, -0.2) is 9.59 Å². The van der Waals surface area contributed by atoms with Crippen LogP contribution in [0.2, 0.25) is 0 Å². The van der Waals surface area contributed by atoms with E-state index in [1.807, 2.05) is 0 Å². The van der Waals surface area contributed by atoms with Gasteiger partial charge in [-0.1, -0.05) is 24.3 Å². The molecule has 8 heteroatoms. The zero-order chi connectivity index (χ0) is 19.8. The maximum atomic E-state index is 12.9. The number of carboxylic acid groups (broad SMARTS) is 1. The summed E-state index contributed by atoms with van der Waals surface area (Å²) in [6.45, 7) is 0. The molecule has 0 aliphatic carbocycles. The molecule has 0 atom stereocenters. The van der Waals surface area contributed by atoms with Gasteiger partial charge in [0.1, 0.15) is 16.9 Å². The van der Waals surface area contributed by atoms with Crippen LogP contribution in [0.15, 0.2) is 67.0 Å². The smallest absolute Gasteiger partial charge is 0.507 e. The van der Waals surface area contributed by atoms with Gasteiger partial charge >= 0.3 is 17.7 Å². The monoisotopic (exact) mass is 380 g/mol. The Kier molecular flexibility index (Phi) is 4.08. The molecule has 2 aromatic carbocycles. The van der Waals surface area contributed by atoms with Crippen molar-refractivity contribution in [3.63, 3.8) is 0 Å². The van der Waals surface area contributed by atoms with Gasteiger partial charge in [-0.3, -0.25) is 4.79 Å². The summed E-state index contributed by atoms with van der Waals surface area (Å²) in [4.78, 5) is 36.2. The number of hydrogen-bond donors (Lipinski definition) is 2. The Morgan fingerprint density at radius 3 is 2.18 bits per heavy atom. The predicted octanol–water partition coefficient (Wildman–Crippen LogP) is 3.25. The first kappa shape index (κ1) is 17.3. The first-order valence-electron chi connectivity index (χ1n) is 8.15. The molecule has 0 saturated heterocycles. The van der Waals surface area contributed by atoms with Crippen molar-refractivity contribution < 1.29 is 28.6 Å². The molecule has 0 fully saturated rings. The van der Waals surface area contributed by atoms with Crippen LogP contribution in [0.1, 0.15) is 11.1 Å². The second-order valence-corrected chi connectivity index (χ2v) is 5.95. The van der Waals surface area contributed by atoms with Crippen molar-refractivity contribution in [2.24, 2.45) is 0 Å². The first-order chi connectivity index (χ1) is 13.5. The normalized spacial score (nSPS) is 11.0. The third-order valence-corrected chi connectivity index (χ3v) is 4.27. The molecule has 0 aliphatic rings. The highest BCUT2D eigenvalue weighted by Gasteiger charge is 2.23. The molecular formula is C20H12O8. The number of para-hydroxylation sites is 2. The van der Waals surface area contributed by atoms with Gasteiger partial charge < -0.3 is 23.8 Å². The Labute approximate surface area is 155 Å². The Balaban J connectivity index is 1.96. The molecule has 0 amide bonds. The van der Waals surface area contributed by atoms with E-state index in [1.165, 1.54) is 18.2 Å². The van der Waals surface area contributed by atoms with E-state index in [-0.39, 0.29) is 38.8 Å². The minimum Gasteiger partial charge on any atom is -0.507 e. The number of ether oxygens (including phenoxy) is 1. The number of fused-ring (bicyclic) bond motifs is 2. The lowest BCUT2D eigenvalue weighted by molar-refractivity contribution is 0.132. The summed E-state index contributed by atoms with van der Waals surface area (Å²) >= 11 is 0. The number of aromatic hydroxyl groups is 1. The van der Waals surface area contributed by atoms with Crippen LogP contribution in [-0.4, -0.2) is 16.4 Å². The van der Waals surface area contributed by atoms with Gasteiger partial charge in [0, 0.05) is 6.42 Å². The number of carbonyl (C=O) groups is 1. The van der Waals surface area contributed by atoms with Crippen LogP contribution in [0.5, 0.6) is 11.7 Å². The minimum atomic E-state index is -1.69. The fourth-order valence-electron chi connectivity index (χ4n) is 2.98. The second kappa shape index (κ2) is 6.58. The lowest BCUT2D eigenvalue weighted by Gasteiger charge is -2.09. The molecular weight excluding hydrogens is 368 g/mol. The highest BCUT2D eigenvalue weighted by atomic mass is 16.7. The molecule has 0 unspecified atom stereocenters. The van der Waals surface area contributed by atoms with Gasteiger partial charge in [0.2, 0.25) is 0 Å². The average molecular weight is 380 g/mol. The van der Waals surface area contributed by atoms with Gasteiger partial charge in [-0.05, 0) is 24.3 Å². The van der Waals surface area contributed by atoms with Crippen molar-refractivity contribution in [1.29, 1.82) is 0 Å². The fourth-order valence-corrected chi connectivity index (χ4v) is 2.98. The third-order valence-electron chi connectivity index (χ3n) is 4.27. The maximum Gasteiger partial charge on any atom is 0.513 e. The SMILES string of the molecule is O=C(O)Oc1oc2ccccc2c(=O)c1Cc1c(O)c2ccccc2oc1=O. The van der Waals surface area contributed by atoms with E-state index in [1.54, 1.807) is 30.3 Å². The zero-order valence-corrected chi connectivity index (χ0v) is 14.2. The molecule has 2 aromatic heterocycles. The lowest BCUT2D eigenvalue weighted by atomic mass is 10.0. The van der Waals surface area contributed by atoms with Crippen LogP contribution in [0.25, 0.3) is 21.9 Å². The van der Waals surface area contributed by atoms with E-state index in [0.29, 0.717) is 0 Å². The van der Waals surface area contributed by atoms with Gasteiger partial charge in [0.05, 0.1) is 21.9 Å². The van der Waals surface area contributed by atoms with Gasteiger partial charge in [0.25, 0.3) is 0 Å². The van der Waals surface area contributed by atoms with Crippen LogP contribution in [0.3, 0.4) is 0 Å². The predicted molar refractivity (Wildman–Crippen MR) is 98.1 cm³/mol. The molecule has 28 heavy (non-hydrogen) atoms. The largest absolute Gasteiger partial charge is 0.513 e. The molecule has 4 rings (SSSR count). The summed E-state index contributed by atoms with van der Waals surface area (Å²) < 4.78 is 15.2. The molecule has 0 spiro atoms. The quantitative estimate of drug-likeness (QED) is 0.409. The van der Waals surface area contributed by atoms with Crippen LogP contribution in [-0.2, 0) is 6.42 Å². The summed E-state index contributed by atoms with van der Waals surface area (Å²) in [6.07, 6.45) is -2.12. The first-order valence-corrected chi connectivity index (χ1v) is 8.15. The Bertz CT molecular complexity index is 1350. The fraction of sp³-hybridized carbons (Fsp3) is 0.0500. The zero-order valence-electron chi connectivity index (χ0n) is 14.2. The molecule has 0 aliphatic heterocycles. The molecule has 8 nitrogen and oxygen atoms in total. The summed E-state index contributed by atoms with van der Waals surface area (Å²) in [5, 5.41) is 19.9. The average Bonchev–Trinajstić information content (AvgIpc) is 2.67. The summed E-state index contributed by atoms with van der Waals surface area (Å²) in [6, 6.07) is 12.6. The van der Waals surface area contributed by atoms with Gasteiger partial charge in [0.15, 0.2) is 5.43 Å². The number of hydrogen-bond acceptors (Lipinski definition) is 7. The molecule has 0 radical (unpaired) electrons. The Morgan fingerprint density at radius 1 is 0.893 bits per heavy atom. The van der Waals surface area contributed by atoms with Crippen molar-refractivity contribution in [3.05, 3.63) is 80.3 Å². The van der Waals surface area contributed by atoms with E-state index >= 15 is 0 Å². The van der Waals surface area contributed by atoms with Crippen LogP contribution < -0.4 is 15.8 Å². The lowest BCUT2D eigenvalue weighted by Crippen LogP contribution is -2.18. The summed E-state index contributed by atoms with van der Waals surface area (Å²) in [5.41, 5.74) is -1.56. The topological polar surface area (TPSA) is 127 Å². The molecule has 2 N–H and O–H groups in total. The van der Waals surface area contributed by atoms with Crippen LogP contribution >= 0.6 is 0 Å². The molecule has 0 saturated carbocycles. The van der Waals surface area contributed by atoms with Crippen molar-refractivity contribution >= 4 is 28.1 Å².